The molecule has 2 heterocycles. The molecule has 1 aromatic rings. The van der Waals surface area contributed by atoms with E-state index >= 15 is 0 Å². The molecule has 0 aromatic heterocycles. The second-order valence-electron chi connectivity index (χ2n) is 7.27. The van der Waals surface area contributed by atoms with Crippen LogP contribution in [0, 0.1) is 0 Å². The minimum absolute atomic E-state index is 0.101. The summed E-state index contributed by atoms with van der Waals surface area (Å²) >= 11 is 0. The van der Waals surface area contributed by atoms with Crippen LogP contribution in [-0.4, -0.2) is 61.7 Å². The van der Waals surface area contributed by atoms with E-state index in [9.17, 15) is 18.0 Å². The smallest absolute Gasteiger partial charge is 0.245 e. The number of carbonyl (C=O) groups is 2. The molecule has 2 fully saturated rings. The molecule has 0 radical (unpaired) electrons. The number of hydrogen-bond donors (Lipinski definition) is 1. The highest BCUT2D eigenvalue weighted by Gasteiger charge is 2.35. The van der Waals surface area contributed by atoms with Crippen molar-refractivity contribution in [1.29, 1.82) is 0 Å². The largest absolute Gasteiger partial charge is 0.344 e. The Bertz CT molecular complexity index is 799. The van der Waals surface area contributed by atoms with Crippen LogP contribution in [0.3, 0.4) is 0 Å². The van der Waals surface area contributed by atoms with Gasteiger partial charge in [-0.05, 0) is 36.5 Å². The molecular weight excluding hydrogens is 366 g/mol. The van der Waals surface area contributed by atoms with Gasteiger partial charge in [-0.15, -0.1) is 0 Å². The molecule has 8 heteroatoms. The molecule has 2 aliphatic heterocycles. The molecule has 148 valence electrons. The minimum Gasteiger partial charge on any atom is -0.344 e. The molecule has 1 N–H and O–H groups in total. The standard InChI is InChI=1S/C19H27N3O4S/c1-3-14(2)15-4-6-16(7-5-15)27(25,26)22-12-10-21(11-13-22)19(24)17-8-9-18(23)20-17/h4-7,14,17H,3,8-13H2,1-2H3,(H,20,23)/t14-,17+/m1/s1. The summed E-state index contributed by atoms with van der Waals surface area (Å²) in [7, 11) is -3.56. The number of nitrogens with one attached hydrogen (secondary N) is 1. The quantitative estimate of drug-likeness (QED) is 0.817. The third kappa shape index (κ3) is 4.16. The van der Waals surface area contributed by atoms with Gasteiger partial charge in [-0.1, -0.05) is 26.0 Å². The number of sulfonamides is 1. The molecule has 0 saturated carbocycles. The van der Waals surface area contributed by atoms with Crippen molar-refractivity contribution >= 4 is 21.8 Å². The van der Waals surface area contributed by atoms with Crippen molar-refractivity contribution in [1.82, 2.24) is 14.5 Å². The van der Waals surface area contributed by atoms with Crippen LogP contribution in [-0.2, 0) is 19.6 Å². The van der Waals surface area contributed by atoms with E-state index in [0.29, 0.717) is 31.8 Å². The first-order chi connectivity index (χ1) is 12.8. The molecule has 27 heavy (non-hydrogen) atoms. The Labute approximate surface area is 160 Å². The minimum atomic E-state index is -3.56. The van der Waals surface area contributed by atoms with Crippen molar-refractivity contribution in [2.45, 2.75) is 50.0 Å². The van der Waals surface area contributed by atoms with E-state index in [0.717, 1.165) is 12.0 Å². The Morgan fingerprint density at radius 3 is 2.33 bits per heavy atom. The lowest BCUT2D eigenvalue weighted by Crippen LogP contribution is -2.54. The first kappa shape index (κ1) is 19.8. The number of nitrogens with zero attached hydrogens (tertiary/aromatic N) is 2. The summed E-state index contributed by atoms with van der Waals surface area (Å²) in [6, 6.07) is 6.63. The van der Waals surface area contributed by atoms with E-state index in [-0.39, 0.29) is 29.8 Å². The highest BCUT2D eigenvalue weighted by molar-refractivity contribution is 7.89. The van der Waals surface area contributed by atoms with Gasteiger partial charge in [0.1, 0.15) is 6.04 Å². The zero-order valence-electron chi connectivity index (χ0n) is 15.8. The van der Waals surface area contributed by atoms with Gasteiger partial charge in [0.2, 0.25) is 21.8 Å². The van der Waals surface area contributed by atoms with Gasteiger partial charge in [0.05, 0.1) is 4.90 Å². The zero-order valence-corrected chi connectivity index (χ0v) is 16.7. The molecule has 2 atom stereocenters. The Balaban J connectivity index is 1.62. The third-order valence-corrected chi connectivity index (χ3v) is 7.46. The van der Waals surface area contributed by atoms with Gasteiger partial charge >= 0.3 is 0 Å². The number of benzene rings is 1. The van der Waals surface area contributed by atoms with Crippen molar-refractivity contribution in [2.75, 3.05) is 26.2 Å². The summed E-state index contributed by atoms with van der Waals surface area (Å²) in [6.07, 6.45) is 1.89. The Morgan fingerprint density at radius 2 is 1.81 bits per heavy atom. The summed E-state index contributed by atoms with van der Waals surface area (Å²) in [6.45, 7) is 5.44. The third-order valence-electron chi connectivity index (χ3n) is 5.54. The average molecular weight is 394 g/mol. The Kier molecular flexibility index (Phi) is 5.86. The molecule has 0 aliphatic carbocycles. The summed E-state index contributed by atoms with van der Waals surface area (Å²) in [5.41, 5.74) is 1.13. The first-order valence-electron chi connectivity index (χ1n) is 9.51. The van der Waals surface area contributed by atoms with Gasteiger partial charge in [0, 0.05) is 32.6 Å². The molecule has 0 spiro atoms. The molecule has 2 amide bonds. The fourth-order valence-electron chi connectivity index (χ4n) is 3.52. The lowest BCUT2D eigenvalue weighted by Gasteiger charge is -2.35. The molecule has 3 rings (SSSR count). The van der Waals surface area contributed by atoms with Crippen LogP contribution in [0.2, 0.25) is 0 Å². The van der Waals surface area contributed by atoms with Crippen LogP contribution in [0.5, 0.6) is 0 Å². The van der Waals surface area contributed by atoms with Crippen molar-refractivity contribution < 1.29 is 18.0 Å². The average Bonchev–Trinajstić information content (AvgIpc) is 3.13. The summed E-state index contributed by atoms with van der Waals surface area (Å²) in [4.78, 5) is 25.7. The SMILES string of the molecule is CC[C@@H](C)c1ccc(S(=O)(=O)N2CCN(C(=O)[C@@H]3CCC(=O)N3)CC2)cc1. The van der Waals surface area contributed by atoms with Crippen molar-refractivity contribution in [3.05, 3.63) is 29.8 Å². The van der Waals surface area contributed by atoms with Crippen molar-refractivity contribution in [3.63, 3.8) is 0 Å². The number of carbonyl (C=O) groups excluding carboxylic acids is 2. The first-order valence-corrected chi connectivity index (χ1v) is 10.9. The topological polar surface area (TPSA) is 86.8 Å². The maximum atomic E-state index is 12.9. The lowest BCUT2D eigenvalue weighted by atomic mass is 9.99. The maximum absolute atomic E-state index is 12.9. The van der Waals surface area contributed by atoms with Crippen LogP contribution in [0.4, 0.5) is 0 Å². The number of hydrogen-bond acceptors (Lipinski definition) is 4. The van der Waals surface area contributed by atoms with Gasteiger partial charge in [0.25, 0.3) is 0 Å². The second kappa shape index (κ2) is 7.98. The predicted octanol–water partition coefficient (Wildman–Crippen LogP) is 1.31. The zero-order chi connectivity index (χ0) is 19.6. The molecule has 2 aliphatic rings. The van der Waals surface area contributed by atoms with Crippen LogP contribution >= 0.6 is 0 Å². The van der Waals surface area contributed by atoms with Gasteiger partial charge < -0.3 is 10.2 Å². The molecular formula is C19H27N3O4S. The van der Waals surface area contributed by atoms with Crippen LogP contribution in [0.1, 0.15) is 44.6 Å². The molecule has 7 nitrogen and oxygen atoms in total. The fraction of sp³-hybridized carbons (Fsp3) is 0.579. The highest BCUT2D eigenvalue weighted by atomic mass is 32.2. The van der Waals surface area contributed by atoms with Crippen LogP contribution in [0.15, 0.2) is 29.2 Å². The molecule has 0 unspecified atom stereocenters. The van der Waals surface area contributed by atoms with Crippen LogP contribution in [0.25, 0.3) is 0 Å². The van der Waals surface area contributed by atoms with Gasteiger partial charge in [0.15, 0.2) is 0 Å². The van der Waals surface area contributed by atoms with E-state index in [2.05, 4.69) is 19.2 Å². The summed E-state index contributed by atoms with van der Waals surface area (Å²) < 4.78 is 27.2. The summed E-state index contributed by atoms with van der Waals surface area (Å²) in [5.74, 6) is 0.179. The van der Waals surface area contributed by atoms with Gasteiger partial charge in [-0.25, -0.2) is 8.42 Å². The summed E-state index contributed by atoms with van der Waals surface area (Å²) in [5, 5.41) is 2.68. The van der Waals surface area contributed by atoms with E-state index < -0.39 is 16.1 Å². The maximum Gasteiger partial charge on any atom is 0.245 e. The number of piperazine rings is 1. The second-order valence-corrected chi connectivity index (χ2v) is 9.20. The van der Waals surface area contributed by atoms with E-state index in [1.165, 1.54) is 4.31 Å². The predicted molar refractivity (Wildman–Crippen MR) is 102 cm³/mol. The van der Waals surface area contributed by atoms with Crippen molar-refractivity contribution in [2.24, 2.45) is 0 Å². The normalized spacial score (nSPS) is 22.5. The molecule has 2 saturated heterocycles. The Morgan fingerprint density at radius 1 is 1.19 bits per heavy atom. The van der Waals surface area contributed by atoms with Crippen LogP contribution < -0.4 is 5.32 Å². The lowest BCUT2D eigenvalue weighted by molar-refractivity contribution is -0.135. The fourth-order valence-corrected chi connectivity index (χ4v) is 4.94. The van der Waals surface area contributed by atoms with Gasteiger partial charge in [-0.2, -0.15) is 4.31 Å². The highest BCUT2D eigenvalue weighted by Crippen LogP contribution is 2.23. The Hall–Kier alpha value is -1.93. The monoisotopic (exact) mass is 393 g/mol. The number of amides is 2. The van der Waals surface area contributed by atoms with Gasteiger partial charge in [-0.3, -0.25) is 9.59 Å². The molecule has 0 bridgehead atoms. The van der Waals surface area contributed by atoms with Crippen molar-refractivity contribution in [3.8, 4) is 0 Å². The van der Waals surface area contributed by atoms with E-state index in [1.54, 1.807) is 17.0 Å². The van der Waals surface area contributed by atoms with E-state index in [1.807, 2.05) is 12.1 Å². The number of rotatable bonds is 5. The van der Waals surface area contributed by atoms with E-state index in [4.69, 9.17) is 0 Å². The molecule has 1 aromatic carbocycles.